The average molecular weight is 532 g/mol. The second kappa shape index (κ2) is 11.2. The van der Waals surface area contributed by atoms with E-state index in [1.165, 1.54) is 17.4 Å². The van der Waals surface area contributed by atoms with Crippen LogP contribution in [0, 0.1) is 5.82 Å². The number of ether oxygens (including phenoxy) is 1. The lowest BCUT2D eigenvalue weighted by atomic mass is 10.1. The Morgan fingerprint density at radius 2 is 1.74 bits per heavy atom. The van der Waals surface area contributed by atoms with E-state index in [1.54, 1.807) is 37.4 Å². The Kier molecular flexibility index (Phi) is 7.55. The van der Waals surface area contributed by atoms with E-state index < -0.39 is 0 Å². The predicted molar refractivity (Wildman–Crippen MR) is 150 cm³/mol. The number of thiazole rings is 1. The van der Waals surface area contributed by atoms with Crippen LogP contribution in [0.4, 0.5) is 15.9 Å². The van der Waals surface area contributed by atoms with Gasteiger partial charge in [-0.2, -0.15) is 0 Å². The zero-order valence-electron chi connectivity index (χ0n) is 21.7. The quantitative estimate of drug-likeness (QED) is 0.313. The lowest BCUT2D eigenvalue weighted by Crippen LogP contribution is -2.47. The zero-order chi connectivity index (χ0) is 26.6. The minimum absolute atomic E-state index is 0.127. The molecule has 0 saturated carbocycles. The van der Waals surface area contributed by atoms with Crippen LogP contribution in [-0.2, 0) is 0 Å². The van der Waals surface area contributed by atoms with Gasteiger partial charge < -0.3 is 19.4 Å². The number of methoxy groups -OCH3 is 1. The van der Waals surface area contributed by atoms with E-state index in [9.17, 15) is 9.18 Å². The molecule has 0 aliphatic carbocycles. The molecule has 1 amide bonds. The first-order chi connectivity index (χ1) is 18.5. The van der Waals surface area contributed by atoms with Gasteiger partial charge in [-0.25, -0.2) is 14.4 Å². The third-order valence-corrected chi connectivity index (χ3v) is 7.92. The van der Waals surface area contributed by atoms with E-state index in [2.05, 4.69) is 9.88 Å². The molecule has 38 heavy (non-hydrogen) atoms. The second-order valence-corrected chi connectivity index (χ2v) is 10.1. The van der Waals surface area contributed by atoms with Gasteiger partial charge in [-0.15, -0.1) is 11.3 Å². The van der Waals surface area contributed by atoms with Crippen molar-refractivity contribution >= 4 is 28.7 Å². The van der Waals surface area contributed by atoms with Crippen molar-refractivity contribution in [2.45, 2.75) is 13.0 Å². The number of hydrogen-bond acceptors (Lipinski definition) is 7. The van der Waals surface area contributed by atoms with Gasteiger partial charge in [0.1, 0.15) is 22.4 Å². The number of hydrogen-bond donors (Lipinski definition) is 0. The summed E-state index contributed by atoms with van der Waals surface area (Å²) in [5.41, 5.74) is 2.69. The molecule has 196 valence electrons. The number of piperazine rings is 1. The predicted octanol–water partition coefficient (Wildman–Crippen LogP) is 5.51. The Labute approximate surface area is 226 Å². The largest absolute Gasteiger partial charge is 0.496 e. The number of halogens is 1. The summed E-state index contributed by atoms with van der Waals surface area (Å²) >= 11 is 1.53. The molecule has 1 atom stereocenters. The number of aromatic nitrogens is 2. The highest BCUT2D eigenvalue weighted by Crippen LogP contribution is 2.33. The fraction of sp³-hybridized carbons (Fsp3) is 0.276. The third-order valence-electron chi connectivity index (χ3n) is 6.97. The first kappa shape index (κ1) is 25.7. The van der Waals surface area contributed by atoms with Crippen LogP contribution < -0.4 is 14.5 Å². The minimum Gasteiger partial charge on any atom is -0.496 e. The van der Waals surface area contributed by atoms with Crippen LogP contribution in [0.2, 0.25) is 0 Å². The molecule has 0 spiro atoms. The van der Waals surface area contributed by atoms with Gasteiger partial charge in [-0.05, 0) is 43.3 Å². The van der Waals surface area contributed by atoms with Crippen molar-refractivity contribution in [3.05, 3.63) is 88.6 Å². The molecule has 1 fully saturated rings. The summed E-state index contributed by atoms with van der Waals surface area (Å²) in [6.45, 7) is 4.40. The fourth-order valence-corrected chi connectivity index (χ4v) is 5.44. The molecule has 0 bridgehead atoms. The van der Waals surface area contributed by atoms with Crippen LogP contribution in [0.1, 0.15) is 28.3 Å². The molecular formula is C29H30FN5O2S. The maximum Gasteiger partial charge on any atom is 0.257 e. The molecule has 1 aliphatic rings. The highest BCUT2D eigenvalue weighted by Gasteiger charge is 2.28. The van der Waals surface area contributed by atoms with Gasteiger partial charge in [0.2, 0.25) is 0 Å². The molecule has 3 heterocycles. The van der Waals surface area contributed by atoms with E-state index in [0.717, 1.165) is 16.3 Å². The summed E-state index contributed by atoms with van der Waals surface area (Å²) in [6, 6.07) is 18.1. The lowest BCUT2D eigenvalue weighted by Gasteiger charge is -2.38. The molecule has 0 N–H and O–H groups in total. The van der Waals surface area contributed by atoms with Gasteiger partial charge in [0.15, 0.2) is 0 Å². The Bertz CT molecular complexity index is 1410. The van der Waals surface area contributed by atoms with Crippen LogP contribution in [0.15, 0.2) is 72.2 Å². The summed E-state index contributed by atoms with van der Waals surface area (Å²) in [5, 5.41) is 2.79. The van der Waals surface area contributed by atoms with E-state index in [0.29, 0.717) is 49.0 Å². The standard InChI is InChI=1S/C29H30FN5O2S/c1-20(28-31-14-19-38-28)33(2)29(36)22-12-13-24(21-8-4-7-11-26(21)37-3)32-27(22)35-17-15-34(16-18-35)25-10-6-5-9-23(25)30/h4-14,19-20H,15-18H2,1-3H3. The number of benzene rings is 2. The van der Waals surface area contributed by atoms with Gasteiger partial charge in [0, 0.05) is 50.4 Å². The number of pyridine rings is 1. The summed E-state index contributed by atoms with van der Waals surface area (Å²) in [7, 11) is 3.43. The Morgan fingerprint density at radius 1 is 1.03 bits per heavy atom. The fourth-order valence-electron chi connectivity index (χ4n) is 4.70. The molecule has 1 aliphatic heterocycles. The molecule has 5 rings (SSSR count). The summed E-state index contributed by atoms with van der Waals surface area (Å²) in [5.74, 6) is 0.970. The number of para-hydroxylation sites is 2. The number of anilines is 2. The first-order valence-electron chi connectivity index (χ1n) is 12.5. The molecule has 0 radical (unpaired) electrons. The molecule has 7 nitrogen and oxygen atoms in total. The topological polar surface area (TPSA) is 61.8 Å². The summed E-state index contributed by atoms with van der Waals surface area (Å²) in [6.07, 6.45) is 1.75. The minimum atomic E-state index is -0.231. The first-order valence-corrected chi connectivity index (χ1v) is 13.4. The van der Waals surface area contributed by atoms with Crippen molar-refractivity contribution in [3.63, 3.8) is 0 Å². The molecule has 2 aromatic carbocycles. The molecule has 1 unspecified atom stereocenters. The van der Waals surface area contributed by atoms with Crippen molar-refractivity contribution in [3.8, 4) is 17.0 Å². The Hall–Kier alpha value is -3.98. The number of nitrogens with zero attached hydrogens (tertiary/aromatic N) is 5. The van der Waals surface area contributed by atoms with E-state index in [-0.39, 0.29) is 17.8 Å². The van der Waals surface area contributed by atoms with Crippen LogP contribution in [0.25, 0.3) is 11.3 Å². The van der Waals surface area contributed by atoms with Crippen LogP contribution in [0.5, 0.6) is 5.75 Å². The summed E-state index contributed by atoms with van der Waals surface area (Å²) in [4.78, 5) is 29.1. The smallest absolute Gasteiger partial charge is 0.257 e. The van der Waals surface area contributed by atoms with Crippen LogP contribution in [0.3, 0.4) is 0 Å². The molecule has 4 aromatic rings. The van der Waals surface area contributed by atoms with Crippen LogP contribution in [-0.4, -0.2) is 61.1 Å². The number of amides is 1. The number of rotatable bonds is 7. The monoisotopic (exact) mass is 531 g/mol. The number of carbonyl (C=O) groups excluding carboxylic acids is 1. The van der Waals surface area contributed by atoms with Crippen molar-refractivity contribution in [1.29, 1.82) is 0 Å². The maximum atomic E-state index is 14.4. The van der Waals surface area contributed by atoms with Crippen molar-refractivity contribution in [2.24, 2.45) is 0 Å². The van der Waals surface area contributed by atoms with Crippen molar-refractivity contribution in [2.75, 3.05) is 50.1 Å². The number of carbonyl (C=O) groups is 1. The highest BCUT2D eigenvalue weighted by molar-refractivity contribution is 7.09. The normalized spacial score (nSPS) is 14.3. The van der Waals surface area contributed by atoms with Gasteiger partial charge in [0.25, 0.3) is 5.91 Å². The van der Waals surface area contributed by atoms with E-state index in [4.69, 9.17) is 9.72 Å². The lowest BCUT2D eigenvalue weighted by molar-refractivity contribution is 0.0742. The molecule has 1 saturated heterocycles. The van der Waals surface area contributed by atoms with Gasteiger partial charge in [-0.1, -0.05) is 24.3 Å². The van der Waals surface area contributed by atoms with Crippen molar-refractivity contribution in [1.82, 2.24) is 14.9 Å². The summed E-state index contributed by atoms with van der Waals surface area (Å²) < 4.78 is 20.0. The molecular weight excluding hydrogens is 501 g/mol. The van der Waals surface area contributed by atoms with E-state index in [1.807, 2.05) is 59.7 Å². The highest BCUT2D eigenvalue weighted by atomic mass is 32.1. The molecule has 2 aromatic heterocycles. The van der Waals surface area contributed by atoms with Crippen molar-refractivity contribution < 1.29 is 13.9 Å². The SMILES string of the molecule is COc1ccccc1-c1ccc(C(=O)N(C)C(C)c2nccs2)c(N2CCN(c3ccccc3F)CC2)n1. The zero-order valence-corrected chi connectivity index (χ0v) is 22.5. The van der Waals surface area contributed by atoms with Crippen LogP contribution >= 0.6 is 11.3 Å². The molecule has 9 heteroatoms. The van der Waals surface area contributed by atoms with Gasteiger partial charge in [-0.3, -0.25) is 4.79 Å². The Morgan fingerprint density at radius 3 is 2.45 bits per heavy atom. The van der Waals surface area contributed by atoms with Gasteiger partial charge in [0.05, 0.1) is 30.1 Å². The average Bonchev–Trinajstić information content (AvgIpc) is 3.51. The van der Waals surface area contributed by atoms with Gasteiger partial charge >= 0.3 is 0 Å². The maximum absolute atomic E-state index is 14.4. The third kappa shape index (κ3) is 5.06. The Balaban J connectivity index is 1.48. The van der Waals surface area contributed by atoms with E-state index >= 15 is 0 Å². The second-order valence-electron chi connectivity index (χ2n) is 9.16.